The highest BCUT2D eigenvalue weighted by Gasteiger charge is 2.53. The summed E-state index contributed by atoms with van der Waals surface area (Å²) in [7, 11) is -2.96. The fourth-order valence-electron chi connectivity index (χ4n) is 5.45. The van der Waals surface area contributed by atoms with Gasteiger partial charge in [0.15, 0.2) is 9.84 Å². The molecule has 0 aromatic heterocycles. The van der Waals surface area contributed by atoms with Gasteiger partial charge in [0, 0.05) is 17.1 Å². The largest absolute Gasteiger partial charge is 0.497 e. The molecule has 1 aliphatic rings. The van der Waals surface area contributed by atoms with Crippen LogP contribution >= 0.6 is 11.6 Å². The predicted octanol–water partition coefficient (Wildman–Crippen LogP) is 2.53. The number of methoxy groups -OCH3 is 1. The van der Waals surface area contributed by atoms with Crippen molar-refractivity contribution in [3.8, 4) is 5.75 Å². The van der Waals surface area contributed by atoms with E-state index in [1.54, 1.807) is 5.32 Å². The second-order valence-electron chi connectivity index (χ2n) is 12.8. The topological polar surface area (TPSA) is 188 Å². The summed E-state index contributed by atoms with van der Waals surface area (Å²) in [6.07, 6.45) is -5.90. The quantitative estimate of drug-likeness (QED) is 0.146. The summed E-state index contributed by atoms with van der Waals surface area (Å²) >= 11 is 5.75. The number of halogens is 8. The SMILES string of the molecule is COc1ccc(CS(=O)(=O)[C@@H]2C[C@@H](C(=O)N[C@H](C(=O)C(F)(F)C(=O)NCC(F)(F)F)C(C)C)N(C(=O)[C@H](CO)NC(=O)C(F)(F)c3cccc(Cl)c3)C2)cc1. The highest BCUT2D eigenvalue weighted by molar-refractivity contribution is 7.91. The Balaban J connectivity index is 1.96. The molecule has 304 valence electrons. The molecule has 1 saturated heterocycles. The molecule has 2 aromatic carbocycles. The van der Waals surface area contributed by atoms with Gasteiger partial charge in [-0.05, 0) is 42.2 Å². The number of benzene rings is 2. The molecule has 4 N–H and O–H groups in total. The van der Waals surface area contributed by atoms with E-state index in [2.05, 4.69) is 0 Å². The van der Waals surface area contributed by atoms with Crippen molar-refractivity contribution in [2.45, 2.75) is 67.4 Å². The average molecular weight is 833 g/mol. The Morgan fingerprint density at radius 1 is 0.964 bits per heavy atom. The van der Waals surface area contributed by atoms with Crippen LogP contribution in [-0.4, -0.2) is 110 Å². The van der Waals surface area contributed by atoms with Crippen molar-refractivity contribution < 1.29 is 73.0 Å². The number of sulfone groups is 1. The van der Waals surface area contributed by atoms with Crippen molar-refractivity contribution in [1.82, 2.24) is 20.9 Å². The summed E-state index contributed by atoms with van der Waals surface area (Å²) in [4.78, 5) is 65.5. The predicted molar refractivity (Wildman–Crippen MR) is 180 cm³/mol. The van der Waals surface area contributed by atoms with Gasteiger partial charge >= 0.3 is 18.0 Å². The Hall–Kier alpha value is -4.50. The van der Waals surface area contributed by atoms with E-state index in [0.717, 1.165) is 37.4 Å². The minimum atomic E-state index is -5.12. The summed E-state index contributed by atoms with van der Waals surface area (Å²) < 4.78 is 130. The lowest BCUT2D eigenvalue weighted by molar-refractivity contribution is -0.165. The third kappa shape index (κ3) is 11.1. The standard InChI is InChI=1S/C33H36ClF7N4O9S/c1-17(2)25(26(47)33(40,41)29(50)42-16-31(35,36)37)44-27(48)24-12-22(55(52,53)15-18-7-9-21(54-3)10-8-18)13-45(24)28(49)23(14-46)43-30(51)32(38,39)19-5-4-6-20(34)11-19/h4-11,17,22-25,46H,12-16H2,1-3H3,(H,42,50)(H,43,51)(H,44,48)/t22-,23+,24+,25+/m1/s1. The number of likely N-dealkylation sites (tertiary alicyclic amines) is 1. The maximum atomic E-state index is 15.1. The van der Waals surface area contributed by atoms with Crippen molar-refractivity contribution in [3.05, 3.63) is 64.7 Å². The van der Waals surface area contributed by atoms with E-state index in [9.17, 15) is 59.4 Å². The van der Waals surface area contributed by atoms with Gasteiger partial charge in [0.05, 0.1) is 30.8 Å². The zero-order valence-corrected chi connectivity index (χ0v) is 30.7. The van der Waals surface area contributed by atoms with Crippen LogP contribution in [-0.2, 0) is 45.5 Å². The third-order valence-electron chi connectivity index (χ3n) is 8.43. The highest BCUT2D eigenvalue weighted by Crippen LogP contribution is 2.32. The molecule has 1 fully saturated rings. The maximum Gasteiger partial charge on any atom is 0.405 e. The number of carbonyl (C=O) groups is 5. The van der Waals surface area contributed by atoms with Gasteiger partial charge < -0.3 is 30.7 Å². The van der Waals surface area contributed by atoms with Gasteiger partial charge in [-0.3, -0.25) is 24.0 Å². The van der Waals surface area contributed by atoms with Crippen LogP contribution in [0, 0.1) is 5.92 Å². The molecule has 1 heterocycles. The van der Waals surface area contributed by atoms with E-state index in [1.807, 2.05) is 5.32 Å². The van der Waals surface area contributed by atoms with Gasteiger partial charge in [0.2, 0.25) is 17.6 Å². The molecule has 0 spiro atoms. The monoisotopic (exact) mass is 832 g/mol. The van der Waals surface area contributed by atoms with Crippen molar-refractivity contribution in [3.63, 3.8) is 0 Å². The van der Waals surface area contributed by atoms with Crippen LogP contribution in [0.15, 0.2) is 48.5 Å². The van der Waals surface area contributed by atoms with E-state index < -0.39 is 124 Å². The number of aliphatic hydroxyl groups is 1. The summed E-state index contributed by atoms with van der Waals surface area (Å²) in [5.41, 5.74) is -0.676. The Morgan fingerprint density at radius 2 is 1.58 bits per heavy atom. The first-order valence-corrected chi connectivity index (χ1v) is 18.2. The molecule has 0 radical (unpaired) electrons. The molecule has 1 aliphatic heterocycles. The normalized spacial score (nSPS) is 17.7. The molecule has 4 atom stereocenters. The molecule has 0 saturated carbocycles. The van der Waals surface area contributed by atoms with Crippen molar-refractivity contribution in [1.29, 1.82) is 0 Å². The molecule has 3 rings (SSSR count). The molecule has 0 bridgehead atoms. The summed E-state index contributed by atoms with van der Waals surface area (Å²) in [5, 5.41) is 12.7. The van der Waals surface area contributed by atoms with Crippen LogP contribution in [0.2, 0.25) is 5.02 Å². The molecular weight excluding hydrogens is 797 g/mol. The van der Waals surface area contributed by atoms with Gasteiger partial charge in [0.1, 0.15) is 24.4 Å². The van der Waals surface area contributed by atoms with Crippen LogP contribution in [0.1, 0.15) is 31.4 Å². The number of nitrogens with one attached hydrogen (secondary N) is 3. The van der Waals surface area contributed by atoms with Crippen LogP contribution in [0.5, 0.6) is 5.75 Å². The lowest BCUT2D eigenvalue weighted by Crippen LogP contribution is -2.60. The van der Waals surface area contributed by atoms with Gasteiger partial charge in [-0.15, -0.1) is 0 Å². The molecule has 0 unspecified atom stereocenters. The van der Waals surface area contributed by atoms with Crippen LogP contribution in [0.3, 0.4) is 0 Å². The Bertz CT molecular complexity index is 1870. The minimum absolute atomic E-state index is 0.176. The first-order chi connectivity index (χ1) is 25.3. The number of ether oxygens (including phenoxy) is 1. The lowest BCUT2D eigenvalue weighted by atomic mass is 9.94. The van der Waals surface area contributed by atoms with Crippen molar-refractivity contribution in [2.24, 2.45) is 5.92 Å². The summed E-state index contributed by atoms with van der Waals surface area (Å²) in [6.45, 7) is -2.21. The molecule has 0 aliphatic carbocycles. The molecule has 2 aromatic rings. The fraction of sp³-hybridized carbons (Fsp3) is 0.485. The zero-order chi connectivity index (χ0) is 41.7. The number of hydrogen-bond acceptors (Lipinski definition) is 9. The van der Waals surface area contributed by atoms with Gasteiger partial charge in [-0.2, -0.15) is 30.7 Å². The van der Waals surface area contributed by atoms with Gasteiger partial charge in [-0.25, -0.2) is 8.42 Å². The number of nitrogens with zero attached hydrogens (tertiary/aromatic N) is 1. The second-order valence-corrected chi connectivity index (χ2v) is 15.5. The molecule has 13 nitrogen and oxygen atoms in total. The van der Waals surface area contributed by atoms with E-state index >= 15 is 8.78 Å². The highest BCUT2D eigenvalue weighted by atomic mass is 35.5. The van der Waals surface area contributed by atoms with Crippen molar-refractivity contribution in [2.75, 3.05) is 26.8 Å². The summed E-state index contributed by atoms with van der Waals surface area (Å²) in [6, 6.07) is 3.11. The van der Waals surface area contributed by atoms with E-state index in [4.69, 9.17) is 16.3 Å². The van der Waals surface area contributed by atoms with Crippen LogP contribution < -0.4 is 20.7 Å². The molecule has 4 amide bonds. The van der Waals surface area contributed by atoms with E-state index in [0.29, 0.717) is 10.6 Å². The molecular formula is C33H36ClF7N4O9S. The maximum absolute atomic E-state index is 15.1. The van der Waals surface area contributed by atoms with E-state index in [1.165, 1.54) is 37.4 Å². The lowest BCUT2D eigenvalue weighted by Gasteiger charge is -2.31. The smallest absolute Gasteiger partial charge is 0.405 e. The number of amides is 4. The Labute approximate surface area is 314 Å². The van der Waals surface area contributed by atoms with Crippen LogP contribution in [0.25, 0.3) is 0 Å². The Kier molecular flexibility index (Phi) is 14.3. The van der Waals surface area contributed by atoms with Gasteiger partial charge in [-0.1, -0.05) is 49.7 Å². The van der Waals surface area contributed by atoms with Crippen LogP contribution in [0.4, 0.5) is 30.7 Å². The molecule has 55 heavy (non-hydrogen) atoms. The number of alkyl halides is 7. The fourth-order valence-corrected chi connectivity index (χ4v) is 7.40. The summed E-state index contributed by atoms with van der Waals surface area (Å²) in [5.74, 6) is -21.1. The molecule has 22 heteroatoms. The third-order valence-corrected chi connectivity index (χ3v) is 10.8. The van der Waals surface area contributed by atoms with Crippen molar-refractivity contribution >= 4 is 50.9 Å². The minimum Gasteiger partial charge on any atom is -0.497 e. The number of ketones is 1. The first kappa shape index (κ1) is 44.9. The second kappa shape index (κ2) is 17.5. The first-order valence-electron chi connectivity index (χ1n) is 16.1. The zero-order valence-electron chi connectivity index (χ0n) is 29.1. The number of hydrogen-bond donors (Lipinski definition) is 4. The van der Waals surface area contributed by atoms with Gasteiger partial charge in [0.25, 0.3) is 11.8 Å². The number of aliphatic hydroxyl groups excluding tert-OH is 1. The number of rotatable bonds is 16. The average Bonchev–Trinajstić information content (AvgIpc) is 3.57. The van der Waals surface area contributed by atoms with E-state index in [-0.39, 0.29) is 10.6 Å². The number of Topliss-reactive ketones (excluding diaryl/α,β-unsaturated/α-hetero) is 1. The Morgan fingerprint density at radius 3 is 2.11 bits per heavy atom. The number of carbonyl (C=O) groups excluding carboxylic acids is 5.